The fraction of sp³-hybridized carbons (Fsp3) is 0.312. The van der Waals surface area contributed by atoms with Crippen LogP contribution in [0.1, 0.15) is 27.2 Å². The van der Waals surface area contributed by atoms with Crippen molar-refractivity contribution >= 4 is 71.4 Å². The molecule has 0 saturated carbocycles. The van der Waals surface area contributed by atoms with Gasteiger partial charge in [-0.3, -0.25) is 4.57 Å². The maximum atomic E-state index is 13.5. The predicted octanol–water partition coefficient (Wildman–Crippen LogP) is 5.67. The SMILES string of the molecule is CO[C@H]1CN(C(=O)OC(C)(C)C)C[C@@H]1CC(O)=c1sc2nccc3c2c1nc(=O)n3-c1ccc(Oc2ccccc2)cc1.S.S. The van der Waals surface area contributed by atoms with E-state index in [2.05, 4.69) is 9.97 Å². The molecule has 2 atom stereocenters. The van der Waals surface area contributed by atoms with Crippen molar-refractivity contribution in [3.63, 3.8) is 0 Å². The number of amides is 1. The van der Waals surface area contributed by atoms with Gasteiger partial charge in [-0.2, -0.15) is 32.0 Å². The molecule has 10 nitrogen and oxygen atoms in total. The Morgan fingerprint density at radius 2 is 1.71 bits per heavy atom. The van der Waals surface area contributed by atoms with Crippen LogP contribution < -0.4 is 15.0 Å². The highest BCUT2D eigenvalue weighted by atomic mass is 32.1. The molecule has 1 N–H and O–H groups in total. The van der Waals surface area contributed by atoms with E-state index in [0.717, 1.165) is 0 Å². The van der Waals surface area contributed by atoms with E-state index in [1.54, 1.807) is 48.5 Å². The Morgan fingerprint density at radius 1 is 1.02 bits per heavy atom. The smallest absolute Gasteiger partial charge is 0.410 e. The van der Waals surface area contributed by atoms with E-state index < -0.39 is 17.4 Å². The molecule has 45 heavy (non-hydrogen) atoms. The minimum atomic E-state index is -0.615. The fourth-order valence-electron chi connectivity index (χ4n) is 5.39. The summed E-state index contributed by atoms with van der Waals surface area (Å²) < 4.78 is 19.1. The second-order valence-corrected chi connectivity index (χ2v) is 12.5. The van der Waals surface area contributed by atoms with E-state index in [0.29, 0.717) is 56.1 Å². The number of carbonyl (C=O) groups excluding carboxylic acids is 1. The minimum absolute atomic E-state index is 0. The summed E-state index contributed by atoms with van der Waals surface area (Å²) in [5.41, 5.74) is 0.581. The Balaban J connectivity index is 0.00000230. The van der Waals surface area contributed by atoms with Gasteiger partial charge in [-0.05, 0) is 63.2 Å². The van der Waals surface area contributed by atoms with Gasteiger partial charge in [0.05, 0.1) is 33.8 Å². The number of hydrogen-bond donors (Lipinski definition) is 1. The van der Waals surface area contributed by atoms with Crippen molar-refractivity contribution in [1.82, 2.24) is 19.4 Å². The molecule has 1 aliphatic rings. The van der Waals surface area contributed by atoms with Crippen LogP contribution in [0.3, 0.4) is 0 Å². The molecule has 0 radical (unpaired) electrons. The molecule has 3 aromatic heterocycles. The molecule has 4 heterocycles. The van der Waals surface area contributed by atoms with Gasteiger partial charge in [0.25, 0.3) is 0 Å². The van der Waals surface area contributed by atoms with Crippen LogP contribution in [0.4, 0.5) is 4.79 Å². The Kier molecular flexibility index (Phi) is 10.4. The molecule has 238 valence electrons. The summed E-state index contributed by atoms with van der Waals surface area (Å²) >= 11 is 1.28. The molecule has 6 rings (SSSR count). The number of methoxy groups -OCH3 is 1. The second-order valence-electron chi connectivity index (χ2n) is 11.5. The van der Waals surface area contributed by atoms with Crippen LogP contribution in [0.2, 0.25) is 0 Å². The number of pyridine rings is 1. The zero-order chi connectivity index (χ0) is 30.3. The number of para-hydroxylation sites is 1. The molecule has 0 unspecified atom stereocenters. The molecule has 1 saturated heterocycles. The van der Waals surface area contributed by atoms with Crippen molar-refractivity contribution in [2.24, 2.45) is 5.92 Å². The first-order valence-electron chi connectivity index (χ1n) is 14.0. The van der Waals surface area contributed by atoms with Crippen LogP contribution in [-0.2, 0) is 9.47 Å². The molecule has 1 fully saturated rings. The van der Waals surface area contributed by atoms with Crippen LogP contribution >= 0.6 is 38.3 Å². The number of aliphatic hydroxyl groups excluding tert-OH is 1. The van der Waals surface area contributed by atoms with Gasteiger partial charge >= 0.3 is 11.8 Å². The molecule has 13 heteroatoms. The lowest BCUT2D eigenvalue weighted by Gasteiger charge is -2.24. The Hall–Kier alpha value is -3.78. The van der Waals surface area contributed by atoms with Crippen LogP contribution in [0, 0.1) is 5.92 Å². The lowest BCUT2D eigenvalue weighted by atomic mass is 10.0. The maximum absolute atomic E-state index is 13.5. The van der Waals surface area contributed by atoms with E-state index in [1.807, 2.05) is 51.1 Å². The highest BCUT2D eigenvalue weighted by Gasteiger charge is 2.38. The van der Waals surface area contributed by atoms with Gasteiger partial charge in [0, 0.05) is 32.2 Å². The average Bonchev–Trinajstić information content (AvgIpc) is 3.56. The standard InChI is InChI=1S/C32H32N4O6S.2H2S/c1-32(2,3)42-31(39)35-17-19(25(18-35)40-4)16-24(37)28-27-26-23(14-15-33-29(26)43-28)36(30(38)34-27)20-10-12-22(13-11-20)41-21-8-6-5-7-9-21;;/h5-15,19,25,37H,16-18H2,1-4H3;2*1H2/t19-,25-;;/m0../s1. The van der Waals surface area contributed by atoms with E-state index >= 15 is 0 Å². The number of aromatic nitrogens is 3. The quantitative estimate of drug-likeness (QED) is 0.246. The highest BCUT2D eigenvalue weighted by molar-refractivity contribution is 7.59. The maximum Gasteiger partial charge on any atom is 0.410 e. The third-order valence-electron chi connectivity index (χ3n) is 7.31. The number of nitrogens with zero attached hydrogens (tertiary/aromatic N) is 4. The van der Waals surface area contributed by atoms with Gasteiger partial charge in [-0.1, -0.05) is 18.2 Å². The van der Waals surface area contributed by atoms with Crippen LogP contribution in [-0.4, -0.2) is 62.5 Å². The largest absolute Gasteiger partial charge is 0.511 e. The van der Waals surface area contributed by atoms with Gasteiger partial charge in [0.15, 0.2) is 0 Å². The normalized spacial score (nSPS) is 17.1. The van der Waals surface area contributed by atoms with Gasteiger partial charge in [-0.15, -0.1) is 11.3 Å². The van der Waals surface area contributed by atoms with Crippen molar-refractivity contribution in [1.29, 1.82) is 0 Å². The monoisotopic (exact) mass is 668 g/mol. The third kappa shape index (κ3) is 7.06. The molecule has 5 aromatic rings. The molecular weight excluding hydrogens is 633 g/mol. The first kappa shape index (κ1) is 34.1. The van der Waals surface area contributed by atoms with Crippen molar-refractivity contribution in [2.75, 3.05) is 20.2 Å². The number of hydrogen-bond acceptors (Lipinski definition) is 9. The molecular formula is C32H36N4O6S3. The van der Waals surface area contributed by atoms with E-state index in [9.17, 15) is 14.7 Å². The van der Waals surface area contributed by atoms with Crippen molar-refractivity contribution < 1.29 is 24.1 Å². The molecule has 1 aliphatic heterocycles. The summed E-state index contributed by atoms with van der Waals surface area (Å²) in [5.74, 6) is 1.26. The topological polar surface area (TPSA) is 116 Å². The number of carbonyl (C=O) groups is 1. The van der Waals surface area contributed by atoms with E-state index in [4.69, 9.17) is 14.2 Å². The Labute approximate surface area is 278 Å². The van der Waals surface area contributed by atoms with E-state index in [-0.39, 0.29) is 51.2 Å². The lowest BCUT2D eigenvalue weighted by molar-refractivity contribution is 0.0251. The molecule has 1 amide bonds. The first-order chi connectivity index (χ1) is 20.6. The second kappa shape index (κ2) is 13.7. The number of thiophene rings is 1. The van der Waals surface area contributed by atoms with Crippen molar-refractivity contribution in [3.05, 3.63) is 81.9 Å². The van der Waals surface area contributed by atoms with Crippen LogP contribution in [0.15, 0.2) is 71.7 Å². The molecule has 0 aliphatic carbocycles. The van der Waals surface area contributed by atoms with Crippen LogP contribution in [0.5, 0.6) is 11.5 Å². The summed E-state index contributed by atoms with van der Waals surface area (Å²) in [6, 6.07) is 18.5. The summed E-state index contributed by atoms with van der Waals surface area (Å²) in [6.07, 6.45) is 1.19. The van der Waals surface area contributed by atoms with Crippen molar-refractivity contribution in [2.45, 2.75) is 38.9 Å². The molecule has 2 aromatic carbocycles. The Morgan fingerprint density at radius 3 is 2.38 bits per heavy atom. The van der Waals surface area contributed by atoms with E-state index in [1.165, 1.54) is 15.9 Å². The molecule has 0 spiro atoms. The number of aliphatic hydroxyl groups is 1. The summed E-state index contributed by atoms with van der Waals surface area (Å²) in [5, 5.41) is 12.1. The van der Waals surface area contributed by atoms with Gasteiger partial charge < -0.3 is 24.2 Å². The first-order valence-corrected chi connectivity index (χ1v) is 14.8. The Bertz CT molecular complexity index is 1910. The van der Waals surface area contributed by atoms with Crippen LogP contribution in [0.25, 0.3) is 32.7 Å². The number of benzene rings is 2. The number of ether oxygens (including phenoxy) is 3. The lowest BCUT2D eigenvalue weighted by Crippen LogP contribution is -2.36. The summed E-state index contributed by atoms with van der Waals surface area (Å²) in [7, 11) is 1.59. The predicted molar refractivity (Wildman–Crippen MR) is 186 cm³/mol. The minimum Gasteiger partial charge on any atom is -0.511 e. The third-order valence-corrected chi connectivity index (χ3v) is 8.45. The highest BCUT2D eigenvalue weighted by Crippen LogP contribution is 2.30. The molecule has 0 bridgehead atoms. The van der Waals surface area contributed by atoms with Gasteiger partial charge in [0.1, 0.15) is 33.2 Å². The summed E-state index contributed by atoms with van der Waals surface area (Å²) in [6.45, 7) is 6.20. The summed E-state index contributed by atoms with van der Waals surface area (Å²) in [4.78, 5) is 37.3. The van der Waals surface area contributed by atoms with Gasteiger partial charge in [-0.25, -0.2) is 14.6 Å². The average molecular weight is 669 g/mol. The number of likely N-dealkylation sites (tertiary alicyclic amines) is 1. The zero-order valence-electron chi connectivity index (χ0n) is 25.3. The zero-order valence-corrected chi connectivity index (χ0v) is 28.1. The van der Waals surface area contributed by atoms with Crippen molar-refractivity contribution in [3.8, 4) is 17.2 Å². The van der Waals surface area contributed by atoms with Gasteiger partial charge in [0.2, 0.25) is 0 Å². The number of rotatable bonds is 6. The fourth-order valence-corrected chi connectivity index (χ4v) is 6.44.